The van der Waals surface area contributed by atoms with Crippen molar-refractivity contribution < 1.29 is 4.74 Å². The number of methoxy groups -OCH3 is 1. The van der Waals surface area contributed by atoms with E-state index in [1.807, 2.05) is 18.2 Å². The number of aryl methyl sites for hydroxylation is 1. The second-order valence-corrected chi connectivity index (χ2v) is 4.77. The van der Waals surface area contributed by atoms with Gasteiger partial charge in [0.05, 0.1) is 7.11 Å². The second kappa shape index (κ2) is 6.39. The predicted molar refractivity (Wildman–Crippen MR) is 79.4 cm³/mol. The highest BCUT2D eigenvalue weighted by Crippen LogP contribution is 2.24. The van der Waals surface area contributed by atoms with Crippen molar-refractivity contribution in [2.24, 2.45) is 0 Å². The number of nitrogens with one attached hydrogen (secondary N) is 1. The third kappa shape index (κ3) is 3.36. The van der Waals surface area contributed by atoms with Crippen LogP contribution in [0.15, 0.2) is 48.5 Å². The lowest BCUT2D eigenvalue weighted by atomic mass is 10.1. The Balaban J connectivity index is 2.05. The highest BCUT2D eigenvalue weighted by molar-refractivity contribution is 5.35. The van der Waals surface area contributed by atoms with Crippen LogP contribution < -0.4 is 10.1 Å². The van der Waals surface area contributed by atoms with Gasteiger partial charge >= 0.3 is 0 Å². The molecule has 0 fully saturated rings. The van der Waals surface area contributed by atoms with Crippen LogP contribution in [0.5, 0.6) is 5.75 Å². The Hall–Kier alpha value is -1.80. The van der Waals surface area contributed by atoms with E-state index >= 15 is 0 Å². The number of para-hydroxylation sites is 1. The molecule has 2 heteroatoms. The average Bonchev–Trinajstić information content (AvgIpc) is 2.46. The van der Waals surface area contributed by atoms with Gasteiger partial charge in [0.1, 0.15) is 5.75 Å². The minimum Gasteiger partial charge on any atom is -0.496 e. The van der Waals surface area contributed by atoms with Gasteiger partial charge in [-0.3, -0.25) is 0 Å². The zero-order valence-corrected chi connectivity index (χ0v) is 11.8. The summed E-state index contributed by atoms with van der Waals surface area (Å²) in [6.45, 7) is 5.17. The molecular weight excluding hydrogens is 234 g/mol. The van der Waals surface area contributed by atoms with Crippen molar-refractivity contribution in [1.82, 2.24) is 5.32 Å². The molecule has 0 aliphatic rings. The quantitative estimate of drug-likeness (QED) is 0.876. The molecule has 0 aliphatic heterocycles. The topological polar surface area (TPSA) is 21.3 Å². The summed E-state index contributed by atoms with van der Waals surface area (Å²) in [4.78, 5) is 0. The van der Waals surface area contributed by atoms with Gasteiger partial charge in [0, 0.05) is 18.2 Å². The summed E-state index contributed by atoms with van der Waals surface area (Å²) in [5, 5.41) is 3.55. The van der Waals surface area contributed by atoms with Gasteiger partial charge in [-0.2, -0.15) is 0 Å². The average molecular weight is 255 g/mol. The van der Waals surface area contributed by atoms with E-state index < -0.39 is 0 Å². The third-order valence-corrected chi connectivity index (χ3v) is 3.47. The molecule has 0 spiro atoms. The zero-order chi connectivity index (χ0) is 13.7. The van der Waals surface area contributed by atoms with Gasteiger partial charge in [-0.15, -0.1) is 0 Å². The molecule has 0 unspecified atom stereocenters. The summed E-state index contributed by atoms with van der Waals surface area (Å²) >= 11 is 0. The molecule has 2 aromatic carbocycles. The highest BCUT2D eigenvalue weighted by Gasteiger charge is 2.10. The van der Waals surface area contributed by atoms with Crippen LogP contribution in [0.3, 0.4) is 0 Å². The Morgan fingerprint density at radius 3 is 2.47 bits per heavy atom. The van der Waals surface area contributed by atoms with Gasteiger partial charge in [-0.05, 0) is 31.0 Å². The van der Waals surface area contributed by atoms with Crippen molar-refractivity contribution in [2.75, 3.05) is 7.11 Å². The molecule has 2 aromatic rings. The maximum absolute atomic E-state index is 5.40. The van der Waals surface area contributed by atoms with Crippen molar-refractivity contribution in [2.45, 2.75) is 26.4 Å². The summed E-state index contributed by atoms with van der Waals surface area (Å²) in [5.74, 6) is 0.937. The summed E-state index contributed by atoms with van der Waals surface area (Å²) in [7, 11) is 1.72. The fourth-order valence-electron chi connectivity index (χ4n) is 2.21. The Morgan fingerprint density at radius 2 is 1.74 bits per heavy atom. The van der Waals surface area contributed by atoms with E-state index in [0.29, 0.717) is 0 Å². The number of hydrogen-bond donors (Lipinski definition) is 1. The Morgan fingerprint density at radius 1 is 1.05 bits per heavy atom. The van der Waals surface area contributed by atoms with Crippen molar-refractivity contribution in [3.05, 3.63) is 65.2 Å². The maximum Gasteiger partial charge on any atom is 0.123 e. The Bertz CT molecular complexity index is 536. The minimum atomic E-state index is 0.260. The van der Waals surface area contributed by atoms with Crippen molar-refractivity contribution >= 4 is 0 Å². The SMILES string of the molecule is COc1ccccc1[C@H](C)NCc1ccccc1C. The lowest BCUT2D eigenvalue weighted by molar-refractivity contribution is 0.401. The van der Waals surface area contributed by atoms with Crippen LogP contribution in [0.25, 0.3) is 0 Å². The summed E-state index contributed by atoms with van der Waals surface area (Å²) in [5.41, 5.74) is 3.85. The van der Waals surface area contributed by atoms with Gasteiger partial charge in [-0.1, -0.05) is 42.5 Å². The molecule has 0 radical (unpaired) electrons. The van der Waals surface area contributed by atoms with E-state index in [9.17, 15) is 0 Å². The van der Waals surface area contributed by atoms with Gasteiger partial charge in [0.15, 0.2) is 0 Å². The number of rotatable bonds is 5. The van der Waals surface area contributed by atoms with Crippen LogP contribution in [0.2, 0.25) is 0 Å². The monoisotopic (exact) mass is 255 g/mol. The molecule has 0 heterocycles. The van der Waals surface area contributed by atoms with Crippen LogP contribution in [0.1, 0.15) is 29.7 Å². The van der Waals surface area contributed by atoms with Crippen LogP contribution in [0, 0.1) is 6.92 Å². The lowest BCUT2D eigenvalue weighted by Gasteiger charge is -2.18. The molecule has 0 aliphatic carbocycles. The first-order chi connectivity index (χ1) is 9.22. The lowest BCUT2D eigenvalue weighted by Crippen LogP contribution is -2.19. The maximum atomic E-state index is 5.40. The Labute approximate surface area is 115 Å². The van der Waals surface area contributed by atoms with Crippen molar-refractivity contribution in [3.63, 3.8) is 0 Å². The van der Waals surface area contributed by atoms with Crippen LogP contribution >= 0.6 is 0 Å². The number of ether oxygens (including phenoxy) is 1. The van der Waals surface area contributed by atoms with Gasteiger partial charge < -0.3 is 10.1 Å². The van der Waals surface area contributed by atoms with E-state index in [1.165, 1.54) is 16.7 Å². The first-order valence-electron chi connectivity index (χ1n) is 6.63. The molecule has 100 valence electrons. The number of benzene rings is 2. The van der Waals surface area contributed by atoms with E-state index in [1.54, 1.807) is 7.11 Å². The summed E-state index contributed by atoms with van der Waals surface area (Å²) < 4.78 is 5.40. The molecule has 2 nitrogen and oxygen atoms in total. The van der Waals surface area contributed by atoms with Crippen LogP contribution in [0.4, 0.5) is 0 Å². The first kappa shape index (κ1) is 13.6. The van der Waals surface area contributed by atoms with E-state index in [-0.39, 0.29) is 6.04 Å². The minimum absolute atomic E-state index is 0.260. The second-order valence-electron chi connectivity index (χ2n) is 4.77. The molecule has 0 bridgehead atoms. The fourth-order valence-corrected chi connectivity index (χ4v) is 2.21. The molecule has 19 heavy (non-hydrogen) atoms. The molecular formula is C17H21NO. The predicted octanol–water partition coefficient (Wildman–Crippen LogP) is 3.85. The molecule has 1 N–H and O–H groups in total. The molecule has 0 aromatic heterocycles. The van der Waals surface area contributed by atoms with Gasteiger partial charge in [0.25, 0.3) is 0 Å². The standard InChI is InChI=1S/C17H21NO/c1-13-8-4-5-9-15(13)12-18-14(2)16-10-6-7-11-17(16)19-3/h4-11,14,18H,12H2,1-3H3/t14-/m0/s1. The Kier molecular flexibility index (Phi) is 4.58. The first-order valence-corrected chi connectivity index (χ1v) is 6.63. The van der Waals surface area contributed by atoms with E-state index in [2.05, 4.69) is 49.5 Å². The zero-order valence-electron chi connectivity index (χ0n) is 11.8. The highest BCUT2D eigenvalue weighted by atomic mass is 16.5. The summed E-state index contributed by atoms with van der Waals surface area (Å²) in [6.07, 6.45) is 0. The molecule has 0 saturated carbocycles. The fraction of sp³-hybridized carbons (Fsp3) is 0.294. The van der Waals surface area contributed by atoms with Crippen molar-refractivity contribution in [1.29, 1.82) is 0 Å². The summed E-state index contributed by atoms with van der Waals surface area (Å²) in [6, 6.07) is 16.9. The number of hydrogen-bond acceptors (Lipinski definition) is 2. The molecule has 0 amide bonds. The van der Waals surface area contributed by atoms with Gasteiger partial charge in [-0.25, -0.2) is 0 Å². The van der Waals surface area contributed by atoms with Crippen molar-refractivity contribution in [3.8, 4) is 5.75 Å². The van der Waals surface area contributed by atoms with Crippen LogP contribution in [-0.2, 0) is 6.54 Å². The third-order valence-electron chi connectivity index (χ3n) is 3.47. The smallest absolute Gasteiger partial charge is 0.123 e. The van der Waals surface area contributed by atoms with E-state index in [4.69, 9.17) is 4.74 Å². The molecule has 0 saturated heterocycles. The van der Waals surface area contributed by atoms with Crippen LogP contribution in [-0.4, -0.2) is 7.11 Å². The molecule has 2 rings (SSSR count). The molecule has 1 atom stereocenters. The van der Waals surface area contributed by atoms with E-state index in [0.717, 1.165) is 12.3 Å². The van der Waals surface area contributed by atoms with Gasteiger partial charge in [0.2, 0.25) is 0 Å². The largest absolute Gasteiger partial charge is 0.496 e. The normalized spacial score (nSPS) is 12.2.